The van der Waals surface area contributed by atoms with Crippen molar-refractivity contribution in [2.75, 3.05) is 14.2 Å². The van der Waals surface area contributed by atoms with Gasteiger partial charge in [-0.3, -0.25) is 4.79 Å². The Kier molecular flexibility index (Phi) is 4.94. The number of aryl methyl sites for hydroxylation is 1. The number of rotatable bonds is 5. The van der Waals surface area contributed by atoms with E-state index in [1.54, 1.807) is 45.4 Å². The third-order valence-corrected chi connectivity index (χ3v) is 3.30. The second kappa shape index (κ2) is 6.89. The Morgan fingerprint density at radius 1 is 1.09 bits per heavy atom. The number of carbonyl (C=O) groups is 1. The number of hydrogen-bond donors (Lipinski definition) is 0. The van der Waals surface area contributed by atoms with Crippen LogP contribution in [0.1, 0.15) is 21.5 Å². The van der Waals surface area contributed by atoms with Crippen molar-refractivity contribution in [2.45, 2.75) is 6.92 Å². The molecule has 22 heavy (non-hydrogen) atoms. The molecule has 0 amide bonds. The average molecular weight is 300 g/mol. The van der Waals surface area contributed by atoms with Crippen LogP contribution in [-0.4, -0.2) is 20.0 Å². The maximum atomic E-state index is 13.2. The highest BCUT2D eigenvalue weighted by Crippen LogP contribution is 2.25. The monoisotopic (exact) mass is 300 g/mol. The minimum Gasteiger partial charge on any atom is -0.497 e. The Hall–Kier alpha value is -2.62. The minimum atomic E-state index is -0.322. The topological polar surface area (TPSA) is 35.5 Å². The molecule has 2 aromatic carbocycles. The summed E-state index contributed by atoms with van der Waals surface area (Å²) in [5.74, 6) is 0.770. The van der Waals surface area contributed by atoms with Crippen LogP contribution in [0.25, 0.3) is 6.08 Å². The van der Waals surface area contributed by atoms with Gasteiger partial charge < -0.3 is 9.47 Å². The summed E-state index contributed by atoms with van der Waals surface area (Å²) in [6, 6.07) is 9.64. The van der Waals surface area contributed by atoms with Gasteiger partial charge in [-0.1, -0.05) is 0 Å². The van der Waals surface area contributed by atoms with E-state index < -0.39 is 0 Å². The molecule has 0 fully saturated rings. The van der Waals surface area contributed by atoms with Gasteiger partial charge in [-0.2, -0.15) is 0 Å². The van der Waals surface area contributed by atoms with E-state index >= 15 is 0 Å². The molecule has 3 nitrogen and oxygen atoms in total. The van der Waals surface area contributed by atoms with Crippen molar-refractivity contribution in [2.24, 2.45) is 0 Å². The van der Waals surface area contributed by atoms with E-state index in [4.69, 9.17) is 9.47 Å². The fourth-order valence-electron chi connectivity index (χ4n) is 2.02. The van der Waals surface area contributed by atoms with E-state index in [-0.39, 0.29) is 11.6 Å². The zero-order valence-electron chi connectivity index (χ0n) is 12.7. The lowest BCUT2D eigenvalue weighted by molar-refractivity contribution is 0.104. The van der Waals surface area contributed by atoms with Crippen LogP contribution in [-0.2, 0) is 0 Å². The lowest BCUT2D eigenvalue weighted by Gasteiger charge is -2.07. The van der Waals surface area contributed by atoms with E-state index in [1.165, 1.54) is 24.3 Å². The summed E-state index contributed by atoms with van der Waals surface area (Å²) < 4.78 is 23.6. The van der Waals surface area contributed by atoms with Crippen molar-refractivity contribution in [3.63, 3.8) is 0 Å². The molecule has 0 N–H and O–H groups in total. The van der Waals surface area contributed by atoms with Gasteiger partial charge in [0, 0.05) is 17.2 Å². The van der Waals surface area contributed by atoms with Crippen molar-refractivity contribution in [3.8, 4) is 11.5 Å². The third-order valence-electron chi connectivity index (χ3n) is 3.30. The molecular formula is C18H17FO3. The predicted octanol–water partition coefficient (Wildman–Crippen LogP) is 4.05. The van der Waals surface area contributed by atoms with Crippen LogP contribution in [0.15, 0.2) is 42.5 Å². The summed E-state index contributed by atoms with van der Waals surface area (Å²) in [6.45, 7) is 1.63. The fraction of sp³-hybridized carbons (Fsp3) is 0.167. The van der Waals surface area contributed by atoms with Gasteiger partial charge in [-0.05, 0) is 55.0 Å². The molecule has 0 aliphatic carbocycles. The molecule has 0 radical (unpaired) electrons. The lowest BCUT2D eigenvalue weighted by atomic mass is 10.1. The van der Waals surface area contributed by atoms with Crippen LogP contribution < -0.4 is 9.47 Å². The van der Waals surface area contributed by atoms with Gasteiger partial charge in [0.2, 0.25) is 0 Å². The van der Waals surface area contributed by atoms with Crippen LogP contribution in [0.2, 0.25) is 0 Å². The fourth-order valence-corrected chi connectivity index (χ4v) is 2.02. The van der Waals surface area contributed by atoms with Crippen LogP contribution in [0.5, 0.6) is 11.5 Å². The number of hydrogen-bond acceptors (Lipinski definition) is 3. The predicted molar refractivity (Wildman–Crippen MR) is 84.0 cm³/mol. The number of ketones is 1. The van der Waals surface area contributed by atoms with Crippen LogP contribution in [0, 0.1) is 12.7 Å². The molecule has 0 aromatic heterocycles. The maximum Gasteiger partial charge on any atom is 0.185 e. The molecular weight excluding hydrogens is 283 g/mol. The molecule has 2 aromatic rings. The second-order valence-corrected chi connectivity index (χ2v) is 4.77. The molecule has 0 bridgehead atoms. The second-order valence-electron chi connectivity index (χ2n) is 4.77. The van der Waals surface area contributed by atoms with Gasteiger partial charge >= 0.3 is 0 Å². The summed E-state index contributed by atoms with van der Waals surface area (Å²) in [5, 5.41) is 0. The molecule has 0 unspecified atom stereocenters. The SMILES string of the molecule is COc1ccc(/C=C/C(=O)c2ccc(F)c(C)c2)c(OC)c1. The summed E-state index contributed by atoms with van der Waals surface area (Å²) >= 11 is 0. The zero-order valence-corrected chi connectivity index (χ0v) is 12.7. The molecule has 0 heterocycles. The van der Waals surface area contributed by atoms with Gasteiger partial charge in [-0.15, -0.1) is 0 Å². The highest BCUT2D eigenvalue weighted by atomic mass is 19.1. The first-order chi connectivity index (χ1) is 10.5. The molecule has 0 aliphatic rings. The Labute approximate surface area is 129 Å². The van der Waals surface area contributed by atoms with Gasteiger partial charge in [-0.25, -0.2) is 4.39 Å². The molecule has 0 spiro atoms. The molecule has 2 rings (SSSR count). The number of allylic oxidation sites excluding steroid dienone is 1. The summed E-state index contributed by atoms with van der Waals surface area (Å²) in [7, 11) is 3.13. The zero-order chi connectivity index (χ0) is 16.1. The average Bonchev–Trinajstić information content (AvgIpc) is 2.54. The molecule has 0 saturated heterocycles. The molecule has 0 aliphatic heterocycles. The van der Waals surface area contributed by atoms with Crippen LogP contribution in [0.3, 0.4) is 0 Å². The summed E-state index contributed by atoms with van der Waals surface area (Å²) in [6.07, 6.45) is 3.11. The lowest BCUT2D eigenvalue weighted by Crippen LogP contribution is -1.96. The Balaban J connectivity index is 2.24. The summed E-state index contributed by atoms with van der Waals surface area (Å²) in [4.78, 5) is 12.1. The number of benzene rings is 2. The van der Waals surface area contributed by atoms with E-state index in [2.05, 4.69) is 0 Å². The van der Waals surface area contributed by atoms with Crippen molar-refractivity contribution < 1.29 is 18.7 Å². The first-order valence-corrected chi connectivity index (χ1v) is 6.75. The number of methoxy groups -OCH3 is 2. The molecule has 0 atom stereocenters. The van der Waals surface area contributed by atoms with Crippen molar-refractivity contribution >= 4 is 11.9 Å². The van der Waals surface area contributed by atoms with Gasteiger partial charge in [0.15, 0.2) is 5.78 Å². The van der Waals surface area contributed by atoms with Crippen LogP contribution in [0.4, 0.5) is 4.39 Å². The van der Waals surface area contributed by atoms with Gasteiger partial charge in [0.05, 0.1) is 14.2 Å². The van der Waals surface area contributed by atoms with E-state index in [0.717, 1.165) is 5.56 Å². The molecule has 4 heteroatoms. The van der Waals surface area contributed by atoms with Gasteiger partial charge in [0.25, 0.3) is 0 Å². The number of carbonyl (C=O) groups excluding carboxylic acids is 1. The summed E-state index contributed by atoms with van der Waals surface area (Å²) in [5.41, 5.74) is 1.65. The highest BCUT2D eigenvalue weighted by molar-refractivity contribution is 6.07. The molecule has 0 saturated carbocycles. The van der Waals surface area contributed by atoms with Gasteiger partial charge in [0.1, 0.15) is 17.3 Å². The van der Waals surface area contributed by atoms with E-state index in [1.807, 2.05) is 0 Å². The third kappa shape index (κ3) is 3.52. The Morgan fingerprint density at radius 2 is 1.86 bits per heavy atom. The molecule has 114 valence electrons. The Bertz CT molecular complexity index is 720. The minimum absolute atomic E-state index is 0.194. The van der Waals surface area contributed by atoms with Crippen molar-refractivity contribution in [1.82, 2.24) is 0 Å². The smallest absolute Gasteiger partial charge is 0.185 e. The highest BCUT2D eigenvalue weighted by Gasteiger charge is 2.06. The van der Waals surface area contributed by atoms with E-state index in [9.17, 15) is 9.18 Å². The first-order valence-electron chi connectivity index (χ1n) is 6.75. The quantitative estimate of drug-likeness (QED) is 0.617. The van der Waals surface area contributed by atoms with Crippen molar-refractivity contribution in [1.29, 1.82) is 0 Å². The maximum absolute atomic E-state index is 13.2. The normalized spacial score (nSPS) is 10.7. The first kappa shape index (κ1) is 15.8. The van der Waals surface area contributed by atoms with Crippen molar-refractivity contribution in [3.05, 3.63) is 65.0 Å². The number of ether oxygens (including phenoxy) is 2. The number of halogens is 1. The largest absolute Gasteiger partial charge is 0.497 e. The Morgan fingerprint density at radius 3 is 2.50 bits per heavy atom. The van der Waals surface area contributed by atoms with E-state index in [0.29, 0.717) is 22.6 Å². The van der Waals surface area contributed by atoms with Crippen LogP contribution >= 0.6 is 0 Å². The standard InChI is InChI=1S/C18H17FO3/c1-12-10-14(5-8-16(12)19)17(20)9-6-13-4-7-15(21-2)11-18(13)22-3/h4-11H,1-3H3/b9-6+.